The number of hydrogen-bond acceptors (Lipinski definition) is 6. The van der Waals surface area contributed by atoms with Crippen molar-refractivity contribution in [2.24, 2.45) is 0 Å². The lowest BCUT2D eigenvalue weighted by Gasteiger charge is -2.24. The van der Waals surface area contributed by atoms with Crippen LogP contribution in [-0.4, -0.2) is 64.2 Å². The maximum absolute atomic E-state index is 13.3. The molecule has 0 bridgehead atoms. The third-order valence-electron chi connectivity index (χ3n) is 4.59. The minimum absolute atomic E-state index is 0.0424. The van der Waals surface area contributed by atoms with E-state index < -0.39 is 26.0 Å². The molecular formula is C21H36N2O6S2. The summed E-state index contributed by atoms with van der Waals surface area (Å²) in [5.41, 5.74) is -0.256. The highest BCUT2D eigenvalue weighted by Gasteiger charge is 2.32. The van der Waals surface area contributed by atoms with Crippen LogP contribution in [-0.2, 0) is 24.8 Å². The Morgan fingerprint density at radius 2 is 1.23 bits per heavy atom. The zero-order valence-electron chi connectivity index (χ0n) is 19.3. The Morgan fingerprint density at radius 3 is 1.65 bits per heavy atom. The van der Waals surface area contributed by atoms with Crippen LogP contribution in [0, 0.1) is 0 Å². The van der Waals surface area contributed by atoms with Gasteiger partial charge in [0.25, 0.3) is 0 Å². The van der Waals surface area contributed by atoms with Crippen LogP contribution in [0.15, 0.2) is 28.0 Å². The standard InChI is InChI=1S/C21H36N2O6S2/c1-6-13-22(14-7-2)30(25,26)18-11-12-20(19(17-18)21(24)29-10-5)31(27,28)23(15-8-3)16-9-4/h11-12,17H,6-10,13-16H2,1-5H3. The molecule has 0 fully saturated rings. The van der Waals surface area contributed by atoms with Gasteiger partial charge in [-0.25, -0.2) is 21.6 Å². The third-order valence-corrected chi connectivity index (χ3v) is 8.45. The number of esters is 1. The summed E-state index contributed by atoms with van der Waals surface area (Å²) in [7, 11) is -7.88. The van der Waals surface area contributed by atoms with Gasteiger partial charge in [0.15, 0.2) is 0 Å². The van der Waals surface area contributed by atoms with E-state index in [9.17, 15) is 21.6 Å². The van der Waals surface area contributed by atoms with Gasteiger partial charge < -0.3 is 4.74 Å². The second-order valence-corrected chi connectivity index (χ2v) is 11.0. The van der Waals surface area contributed by atoms with Crippen LogP contribution in [0.2, 0.25) is 0 Å². The van der Waals surface area contributed by atoms with E-state index in [4.69, 9.17) is 4.74 Å². The SMILES string of the molecule is CCCN(CCC)S(=O)(=O)c1ccc(S(=O)(=O)N(CCC)CCC)c(C(=O)OCC)c1. The maximum Gasteiger partial charge on any atom is 0.339 e. The molecule has 8 nitrogen and oxygen atoms in total. The minimum Gasteiger partial charge on any atom is -0.462 e. The van der Waals surface area contributed by atoms with Crippen LogP contribution in [0.3, 0.4) is 0 Å². The topological polar surface area (TPSA) is 101 Å². The fraction of sp³-hybridized carbons (Fsp3) is 0.667. The second kappa shape index (κ2) is 12.5. The first-order valence-electron chi connectivity index (χ1n) is 10.9. The molecule has 0 unspecified atom stereocenters. The van der Waals surface area contributed by atoms with Gasteiger partial charge in [0.05, 0.1) is 22.0 Å². The van der Waals surface area contributed by atoms with Crippen molar-refractivity contribution in [3.63, 3.8) is 0 Å². The molecule has 31 heavy (non-hydrogen) atoms. The smallest absolute Gasteiger partial charge is 0.339 e. The monoisotopic (exact) mass is 476 g/mol. The molecule has 1 aromatic rings. The van der Waals surface area contributed by atoms with Crippen molar-refractivity contribution >= 4 is 26.0 Å². The van der Waals surface area contributed by atoms with Crippen LogP contribution >= 0.6 is 0 Å². The Hall–Kier alpha value is -1.49. The largest absolute Gasteiger partial charge is 0.462 e. The van der Waals surface area contributed by atoms with Crippen molar-refractivity contribution in [1.82, 2.24) is 8.61 Å². The lowest BCUT2D eigenvalue weighted by atomic mass is 10.2. The number of hydrogen-bond donors (Lipinski definition) is 0. The van der Waals surface area contributed by atoms with Gasteiger partial charge in [0.1, 0.15) is 0 Å². The van der Waals surface area contributed by atoms with Crippen LogP contribution in [0.4, 0.5) is 0 Å². The van der Waals surface area contributed by atoms with E-state index in [0.717, 1.165) is 6.07 Å². The van der Waals surface area contributed by atoms with Crippen molar-refractivity contribution in [1.29, 1.82) is 0 Å². The molecule has 0 saturated heterocycles. The first-order chi connectivity index (χ1) is 14.6. The van der Waals surface area contributed by atoms with Gasteiger partial charge in [-0.1, -0.05) is 27.7 Å². The maximum atomic E-state index is 13.3. The molecule has 0 amide bonds. The number of rotatable bonds is 14. The number of carbonyl (C=O) groups is 1. The van der Waals surface area contributed by atoms with Gasteiger partial charge in [0.2, 0.25) is 20.0 Å². The predicted molar refractivity (Wildman–Crippen MR) is 121 cm³/mol. The molecule has 1 rings (SSSR count). The Balaban J connectivity index is 3.65. The summed E-state index contributed by atoms with van der Waals surface area (Å²) in [6.45, 7) is 10.4. The minimum atomic E-state index is -4.00. The lowest BCUT2D eigenvalue weighted by Crippen LogP contribution is -2.34. The first-order valence-corrected chi connectivity index (χ1v) is 13.8. The van der Waals surface area contributed by atoms with Gasteiger partial charge in [0, 0.05) is 26.2 Å². The molecule has 178 valence electrons. The molecule has 0 aliphatic carbocycles. The van der Waals surface area contributed by atoms with E-state index in [1.54, 1.807) is 6.92 Å². The fourth-order valence-corrected chi connectivity index (χ4v) is 6.69. The van der Waals surface area contributed by atoms with E-state index in [1.165, 1.54) is 20.7 Å². The molecule has 0 N–H and O–H groups in total. The van der Waals surface area contributed by atoms with Crippen molar-refractivity contribution in [2.45, 2.75) is 70.1 Å². The van der Waals surface area contributed by atoms with E-state index in [0.29, 0.717) is 51.9 Å². The van der Waals surface area contributed by atoms with Crippen molar-refractivity contribution in [3.05, 3.63) is 23.8 Å². The van der Waals surface area contributed by atoms with Gasteiger partial charge in [-0.15, -0.1) is 0 Å². The summed E-state index contributed by atoms with van der Waals surface area (Å²) in [5, 5.41) is 0. The number of benzene rings is 1. The van der Waals surface area contributed by atoms with Gasteiger partial charge in [-0.05, 0) is 50.8 Å². The highest BCUT2D eigenvalue weighted by atomic mass is 32.2. The molecule has 0 spiro atoms. The molecule has 0 heterocycles. The van der Waals surface area contributed by atoms with E-state index in [-0.39, 0.29) is 22.0 Å². The average Bonchev–Trinajstić information content (AvgIpc) is 2.73. The molecule has 1 aromatic carbocycles. The number of ether oxygens (including phenoxy) is 1. The molecule has 0 saturated carbocycles. The van der Waals surface area contributed by atoms with Crippen LogP contribution < -0.4 is 0 Å². The predicted octanol–water partition coefficient (Wildman–Crippen LogP) is 3.48. The zero-order valence-corrected chi connectivity index (χ0v) is 20.9. The van der Waals surface area contributed by atoms with Crippen LogP contribution in [0.1, 0.15) is 70.7 Å². The molecule has 0 atom stereocenters. The third kappa shape index (κ3) is 6.74. The average molecular weight is 477 g/mol. The Bertz CT molecular complexity index is 917. The number of nitrogens with zero attached hydrogens (tertiary/aromatic N) is 2. The van der Waals surface area contributed by atoms with Crippen molar-refractivity contribution in [2.75, 3.05) is 32.8 Å². The Morgan fingerprint density at radius 1 is 0.774 bits per heavy atom. The fourth-order valence-electron chi connectivity index (χ4n) is 3.25. The normalized spacial score (nSPS) is 12.5. The quantitative estimate of drug-likeness (QED) is 0.381. The van der Waals surface area contributed by atoms with Gasteiger partial charge >= 0.3 is 5.97 Å². The first kappa shape index (κ1) is 27.5. The van der Waals surface area contributed by atoms with Crippen LogP contribution in [0.25, 0.3) is 0 Å². The van der Waals surface area contributed by atoms with Gasteiger partial charge in [-0.3, -0.25) is 0 Å². The summed E-state index contributed by atoms with van der Waals surface area (Å²) >= 11 is 0. The second-order valence-electron chi connectivity index (χ2n) is 7.19. The highest BCUT2D eigenvalue weighted by Crippen LogP contribution is 2.27. The molecule has 0 aromatic heterocycles. The summed E-state index contributed by atoms with van der Waals surface area (Å²) in [5.74, 6) is -0.858. The van der Waals surface area contributed by atoms with E-state index in [2.05, 4.69) is 0 Å². The number of carbonyl (C=O) groups excluding carboxylic acids is 1. The molecular weight excluding hydrogens is 440 g/mol. The summed E-state index contributed by atoms with van der Waals surface area (Å²) < 4.78 is 60.6. The van der Waals surface area contributed by atoms with Crippen molar-refractivity contribution < 1.29 is 26.4 Å². The highest BCUT2D eigenvalue weighted by molar-refractivity contribution is 7.89. The summed E-state index contributed by atoms with van der Waals surface area (Å²) in [4.78, 5) is 12.3. The van der Waals surface area contributed by atoms with Crippen molar-refractivity contribution in [3.8, 4) is 0 Å². The number of sulfonamides is 2. The molecule has 0 radical (unpaired) electrons. The summed E-state index contributed by atoms with van der Waals surface area (Å²) in [6, 6.07) is 3.61. The van der Waals surface area contributed by atoms with E-state index in [1.807, 2.05) is 27.7 Å². The molecule has 0 aliphatic heterocycles. The van der Waals surface area contributed by atoms with E-state index >= 15 is 0 Å². The Kier molecular flexibility index (Phi) is 11.1. The van der Waals surface area contributed by atoms with Gasteiger partial charge in [-0.2, -0.15) is 8.61 Å². The molecule has 10 heteroatoms. The molecule has 0 aliphatic rings. The van der Waals surface area contributed by atoms with Crippen LogP contribution in [0.5, 0.6) is 0 Å². The zero-order chi connectivity index (χ0) is 23.7. The summed E-state index contributed by atoms with van der Waals surface area (Å²) in [6.07, 6.45) is 2.51. The lowest BCUT2D eigenvalue weighted by molar-refractivity contribution is 0.0521. The Labute approximate surface area is 187 Å².